The summed E-state index contributed by atoms with van der Waals surface area (Å²) >= 11 is 0. The lowest BCUT2D eigenvalue weighted by Gasteiger charge is -2.24. The molecule has 0 saturated heterocycles. The molecule has 1 aromatic heterocycles. The van der Waals surface area contributed by atoms with Gasteiger partial charge in [0.2, 0.25) is 5.91 Å². The number of nitrogens with zero attached hydrogens (tertiary/aromatic N) is 2. The Bertz CT molecular complexity index is 1340. The molecule has 8 nitrogen and oxygen atoms in total. The molecule has 1 saturated carbocycles. The SMILES string of the molecule is COc1ccc2c(OCCC3NC(=O)N(C)CCCC/C=C\[C@@H]4CC4NC3=O)cc(-c3ccccc3)nc2c1. The van der Waals surface area contributed by atoms with Gasteiger partial charge in [-0.25, -0.2) is 9.78 Å². The van der Waals surface area contributed by atoms with E-state index in [-0.39, 0.29) is 24.6 Å². The van der Waals surface area contributed by atoms with Crippen LogP contribution in [-0.2, 0) is 4.79 Å². The maximum Gasteiger partial charge on any atom is 0.317 e. The number of benzene rings is 2. The van der Waals surface area contributed by atoms with Crippen LogP contribution >= 0.6 is 0 Å². The highest BCUT2D eigenvalue weighted by molar-refractivity contribution is 5.89. The summed E-state index contributed by atoms with van der Waals surface area (Å²) in [4.78, 5) is 32.5. The number of ether oxygens (including phenoxy) is 2. The second kappa shape index (κ2) is 12.2. The Kier molecular flexibility index (Phi) is 8.30. The van der Waals surface area contributed by atoms with Crippen LogP contribution in [0.3, 0.4) is 0 Å². The highest BCUT2D eigenvalue weighted by Crippen LogP contribution is 2.33. The summed E-state index contributed by atoms with van der Waals surface area (Å²) in [7, 11) is 3.39. The van der Waals surface area contributed by atoms with Crippen LogP contribution in [0.1, 0.15) is 32.1 Å². The van der Waals surface area contributed by atoms with Crippen LogP contribution in [0.2, 0.25) is 0 Å². The molecule has 39 heavy (non-hydrogen) atoms. The van der Waals surface area contributed by atoms with Gasteiger partial charge in [0.25, 0.3) is 0 Å². The van der Waals surface area contributed by atoms with Gasteiger partial charge in [-0.1, -0.05) is 42.5 Å². The van der Waals surface area contributed by atoms with Gasteiger partial charge in [0.05, 0.1) is 24.9 Å². The molecule has 3 amide bonds. The molecule has 3 aromatic rings. The van der Waals surface area contributed by atoms with Crippen molar-refractivity contribution in [3.8, 4) is 22.8 Å². The van der Waals surface area contributed by atoms with Gasteiger partial charge in [-0.2, -0.15) is 0 Å². The fourth-order valence-electron chi connectivity index (χ4n) is 4.85. The molecule has 1 aliphatic carbocycles. The summed E-state index contributed by atoms with van der Waals surface area (Å²) in [5.41, 5.74) is 2.51. The number of allylic oxidation sites excluding steroid dienone is 1. The lowest BCUT2D eigenvalue weighted by molar-refractivity contribution is -0.123. The lowest BCUT2D eigenvalue weighted by Crippen LogP contribution is -2.51. The number of carbonyl (C=O) groups excluding carboxylic acids is 2. The third-order valence-electron chi connectivity index (χ3n) is 7.34. The van der Waals surface area contributed by atoms with Crippen molar-refractivity contribution in [2.75, 3.05) is 27.3 Å². The Morgan fingerprint density at radius 2 is 1.90 bits per heavy atom. The van der Waals surface area contributed by atoms with Gasteiger partial charge in [-0.05, 0) is 43.7 Å². The maximum atomic E-state index is 13.2. The second-order valence-corrected chi connectivity index (χ2v) is 10.3. The molecule has 2 aliphatic rings. The number of nitrogens with one attached hydrogen (secondary N) is 2. The first-order valence-corrected chi connectivity index (χ1v) is 13.7. The summed E-state index contributed by atoms with van der Waals surface area (Å²) < 4.78 is 11.7. The Morgan fingerprint density at radius 1 is 1.05 bits per heavy atom. The highest BCUT2D eigenvalue weighted by atomic mass is 16.5. The average Bonchev–Trinajstić information content (AvgIpc) is 3.70. The average molecular weight is 529 g/mol. The van der Waals surface area contributed by atoms with Crippen LogP contribution in [0.25, 0.3) is 22.2 Å². The number of amides is 3. The predicted octanol–water partition coefficient (Wildman–Crippen LogP) is 4.93. The number of hydrogen-bond donors (Lipinski definition) is 2. The van der Waals surface area contributed by atoms with E-state index in [0.29, 0.717) is 30.4 Å². The molecule has 8 heteroatoms. The van der Waals surface area contributed by atoms with E-state index in [9.17, 15) is 9.59 Å². The summed E-state index contributed by atoms with van der Waals surface area (Å²) in [5.74, 6) is 1.58. The minimum absolute atomic E-state index is 0.127. The van der Waals surface area contributed by atoms with E-state index in [2.05, 4.69) is 22.8 Å². The molecule has 5 rings (SSSR count). The smallest absolute Gasteiger partial charge is 0.317 e. The first-order chi connectivity index (χ1) is 19.0. The molecule has 1 aliphatic heterocycles. The van der Waals surface area contributed by atoms with E-state index < -0.39 is 6.04 Å². The molecule has 3 atom stereocenters. The van der Waals surface area contributed by atoms with E-state index in [1.54, 1.807) is 19.1 Å². The zero-order valence-electron chi connectivity index (χ0n) is 22.6. The van der Waals surface area contributed by atoms with E-state index in [1.807, 2.05) is 54.6 Å². The van der Waals surface area contributed by atoms with E-state index in [4.69, 9.17) is 14.5 Å². The number of methoxy groups -OCH3 is 1. The first-order valence-electron chi connectivity index (χ1n) is 13.7. The number of aromatic nitrogens is 1. The van der Waals surface area contributed by atoms with Crippen LogP contribution < -0.4 is 20.1 Å². The minimum atomic E-state index is -0.699. The van der Waals surface area contributed by atoms with Gasteiger partial charge in [0, 0.05) is 49.1 Å². The third kappa shape index (κ3) is 6.69. The molecule has 2 N–H and O–H groups in total. The molecular weight excluding hydrogens is 492 g/mol. The minimum Gasteiger partial charge on any atom is -0.497 e. The van der Waals surface area contributed by atoms with E-state index in [0.717, 1.165) is 47.8 Å². The topological polar surface area (TPSA) is 92.8 Å². The first kappa shape index (κ1) is 26.5. The number of pyridine rings is 1. The molecule has 1 fully saturated rings. The van der Waals surface area contributed by atoms with Crippen molar-refractivity contribution in [3.63, 3.8) is 0 Å². The van der Waals surface area contributed by atoms with Crippen molar-refractivity contribution in [1.29, 1.82) is 0 Å². The Balaban J connectivity index is 1.34. The predicted molar refractivity (Wildman–Crippen MR) is 152 cm³/mol. The lowest BCUT2D eigenvalue weighted by atomic mass is 10.1. The quantitative estimate of drug-likeness (QED) is 0.443. The van der Waals surface area contributed by atoms with Crippen LogP contribution in [0, 0.1) is 5.92 Å². The van der Waals surface area contributed by atoms with Crippen molar-refractivity contribution in [3.05, 3.63) is 66.7 Å². The van der Waals surface area contributed by atoms with E-state index in [1.165, 1.54) is 0 Å². The van der Waals surface area contributed by atoms with Gasteiger partial charge >= 0.3 is 6.03 Å². The molecule has 0 spiro atoms. The van der Waals surface area contributed by atoms with Crippen molar-refractivity contribution in [1.82, 2.24) is 20.5 Å². The zero-order valence-corrected chi connectivity index (χ0v) is 22.6. The van der Waals surface area contributed by atoms with Crippen LogP contribution in [0.15, 0.2) is 66.7 Å². The Hall–Kier alpha value is -4.07. The molecule has 2 heterocycles. The van der Waals surface area contributed by atoms with Gasteiger partial charge < -0.3 is 25.0 Å². The molecular formula is C31H36N4O4. The summed E-state index contributed by atoms with van der Waals surface area (Å²) in [6.45, 7) is 0.890. The molecule has 204 valence electrons. The van der Waals surface area contributed by atoms with Crippen molar-refractivity contribution >= 4 is 22.8 Å². The van der Waals surface area contributed by atoms with E-state index >= 15 is 0 Å². The van der Waals surface area contributed by atoms with Gasteiger partial charge in [-0.3, -0.25) is 4.79 Å². The van der Waals surface area contributed by atoms with Gasteiger partial charge in [-0.15, -0.1) is 0 Å². The molecule has 0 bridgehead atoms. The number of carbonyl (C=O) groups is 2. The van der Waals surface area contributed by atoms with Crippen LogP contribution in [-0.4, -0.2) is 61.2 Å². The molecule has 2 unspecified atom stereocenters. The summed E-state index contributed by atoms with van der Waals surface area (Å²) in [6.07, 6.45) is 8.64. The standard InChI is InChI=1S/C31H36N4O4/c1-35-16-9-4-3-6-12-22-18-26(22)33-30(36)25(34-31(35)37)15-17-39-29-20-27(21-10-7-5-8-11-21)32-28-19-23(38-2)13-14-24(28)29/h5-8,10-14,19-20,22,25-26H,3-4,9,15-18H2,1-2H3,(H,33,36)(H,34,37)/b12-6-/t22-,25?,26?/m1/s1. The fourth-order valence-corrected chi connectivity index (χ4v) is 4.85. The van der Waals surface area contributed by atoms with Crippen molar-refractivity contribution in [2.45, 2.75) is 44.2 Å². The van der Waals surface area contributed by atoms with Crippen molar-refractivity contribution < 1.29 is 19.1 Å². The summed E-state index contributed by atoms with van der Waals surface area (Å²) in [5, 5.41) is 6.89. The number of rotatable bonds is 6. The van der Waals surface area contributed by atoms with Crippen LogP contribution in [0.5, 0.6) is 11.5 Å². The summed E-state index contributed by atoms with van der Waals surface area (Å²) in [6, 6.07) is 16.7. The second-order valence-electron chi connectivity index (χ2n) is 10.3. The largest absolute Gasteiger partial charge is 0.497 e. The number of fused-ring (bicyclic) bond motifs is 2. The number of hydrogen-bond acceptors (Lipinski definition) is 5. The zero-order chi connectivity index (χ0) is 27.2. The Labute approximate surface area is 229 Å². The van der Waals surface area contributed by atoms with Gasteiger partial charge in [0.15, 0.2) is 0 Å². The molecule has 0 radical (unpaired) electrons. The number of urea groups is 1. The normalized spacial score (nSPS) is 22.7. The third-order valence-corrected chi connectivity index (χ3v) is 7.34. The Morgan fingerprint density at radius 3 is 2.72 bits per heavy atom. The monoisotopic (exact) mass is 528 g/mol. The highest BCUT2D eigenvalue weighted by Gasteiger charge is 2.37. The fraction of sp³-hybridized carbons (Fsp3) is 0.387. The van der Waals surface area contributed by atoms with Crippen molar-refractivity contribution in [2.24, 2.45) is 5.92 Å². The maximum absolute atomic E-state index is 13.2. The molecule has 2 aromatic carbocycles. The van der Waals surface area contributed by atoms with Gasteiger partial charge in [0.1, 0.15) is 17.5 Å². The van der Waals surface area contributed by atoms with Crippen LogP contribution in [0.4, 0.5) is 4.79 Å².